The number of anilines is 1. The third kappa shape index (κ3) is 3.77. The molecule has 0 atom stereocenters. The molecule has 2 nitrogen and oxygen atoms in total. The lowest BCUT2D eigenvalue weighted by atomic mass is 9.96. The summed E-state index contributed by atoms with van der Waals surface area (Å²) in [6, 6.07) is 3.95. The fourth-order valence-corrected chi connectivity index (χ4v) is 2.59. The van der Waals surface area contributed by atoms with Gasteiger partial charge in [0.05, 0.1) is 11.6 Å². The van der Waals surface area contributed by atoms with E-state index in [4.69, 9.17) is 0 Å². The average Bonchev–Trinajstić information content (AvgIpc) is 2.46. The zero-order chi connectivity index (χ0) is 15.6. The standard InChI is InChI=1S/C16H21F3N2/c1-4-14-9-12(11(2)3)10-15(20-14)21-7-5-13(6-8-21)16(17,18)19/h4,9-11,13H,1,5-8H2,2-3H3. The number of aromatic nitrogens is 1. The quantitative estimate of drug-likeness (QED) is 0.809. The van der Waals surface area contributed by atoms with Crippen LogP contribution in [-0.4, -0.2) is 24.2 Å². The van der Waals surface area contributed by atoms with Crippen molar-refractivity contribution in [2.75, 3.05) is 18.0 Å². The molecule has 0 N–H and O–H groups in total. The predicted molar refractivity (Wildman–Crippen MR) is 79.4 cm³/mol. The van der Waals surface area contributed by atoms with Gasteiger partial charge in [0.15, 0.2) is 0 Å². The minimum Gasteiger partial charge on any atom is -0.357 e. The van der Waals surface area contributed by atoms with Crippen molar-refractivity contribution in [1.29, 1.82) is 0 Å². The van der Waals surface area contributed by atoms with Gasteiger partial charge in [-0.25, -0.2) is 4.98 Å². The number of hydrogen-bond donors (Lipinski definition) is 0. The molecule has 1 aliphatic heterocycles. The maximum atomic E-state index is 12.7. The Bertz CT molecular complexity index is 501. The van der Waals surface area contributed by atoms with Crippen LogP contribution < -0.4 is 4.90 Å². The number of alkyl halides is 3. The first-order chi connectivity index (χ1) is 9.81. The van der Waals surface area contributed by atoms with Gasteiger partial charge >= 0.3 is 6.18 Å². The molecule has 0 bridgehead atoms. The van der Waals surface area contributed by atoms with Crippen molar-refractivity contribution in [3.8, 4) is 0 Å². The largest absolute Gasteiger partial charge is 0.391 e. The maximum absolute atomic E-state index is 12.7. The van der Waals surface area contributed by atoms with E-state index in [0.29, 0.717) is 19.0 Å². The molecule has 0 radical (unpaired) electrons. The highest BCUT2D eigenvalue weighted by molar-refractivity contribution is 5.51. The first-order valence-electron chi connectivity index (χ1n) is 7.27. The molecule has 0 unspecified atom stereocenters. The fourth-order valence-electron chi connectivity index (χ4n) is 2.59. The SMILES string of the molecule is C=Cc1cc(C(C)C)cc(N2CCC(C(F)(F)F)CC2)n1. The first kappa shape index (κ1) is 15.9. The summed E-state index contributed by atoms with van der Waals surface area (Å²) < 4.78 is 38.1. The topological polar surface area (TPSA) is 16.1 Å². The molecule has 1 saturated heterocycles. The van der Waals surface area contributed by atoms with Gasteiger partial charge in [0.1, 0.15) is 5.82 Å². The molecule has 1 aliphatic rings. The molecule has 0 aliphatic carbocycles. The molecule has 0 amide bonds. The zero-order valence-electron chi connectivity index (χ0n) is 12.5. The molecule has 1 aromatic rings. The number of piperidine rings is 1. The third-order valence-corrected chi connectivity index (χ3v) is 4.01. The lowest BCUT2D eigenvalue weighted by molar-refractivity contribution is -0.179. The molecular weight excluding hydrogens is 277 g/mol. The summed E-state index contributed by atoms with van der Waals surface area (Å²) in [7, 11) is 0. The number of hydrogen-bond acceptors (Lipinski definition) is 2. The van der Waals surface area contributed by atoms with Crippen molar-refractivity contribution in [3.63, 3.8) is 0 Å². The molecule has 0 aromatic carbocycles. The number of nitrogens with zero attached hydrogens (tertiary/aromatic N) is 2. The summed E-state index contributed by atoms with van der Waals surface area (Å²) in [4.78, 5) is 6.42. The van der Waals surface area contributed by atoms with Gasteiger partial charge in [0.25, 0.3) is 0 Å². The monoisotopic (exact) mass is 298 g/mol. The second-order valence-corrected chi connectivity index (χ2v) is 5.85. The molecular formula is C16H21F3N2. The van der Waals surface area contributed by atoms with Crippen molar-refractivity contribution in [2.45, 2.75) is 38.8 Å². The van der Waals surface area contributed by atoms with Gasteiger partial charge in [-0.2, -0.15) is 13.2 Å². The van der Waals surface area contributed by atoms with Crippen molar-refractivity contribution in [1.82, 2.24) is 4.98 Å². The van der Waals surface area contributed by atoms with E-state index in [2.05, 4.69) is 25.4 Å². The van der Waals surface area contributed by atoms with Gasteiger partial charge in [-0.3, -0.25) is 0 Å². The van der Waals surface area contributed by atoms with Crippen LogP contribution in [-0.2, 0) is 0 Å². The van der Waals surface area contributed by atoms with E-state index in [1.54, 1.807) is 6.08 Å². The minimum atomic E-state index is -4.08. The van der Waals surface area contributed by atoms with Crippen LogP contribution in [0.4, 0.5) is 19.0 Å². The lowest BCUT2D eigenvalue weighted by Gasteiger charge is -2.34. The Morgan fingerprint density at radius 2 is 1.90 bits per heavy atom. The van der Waals surface area contributed by atoms with E-state index in [-0.39, 0.29) is 12.8 Å². The third-order valence-electron chi connectivity index (χ3n) is 4.01. The van der Waals surface area contributed by atoms with Gasteiger partial charge in [-0.15, -0.1) is 0 Å². The van der Waals surface area contributed by atoms with Crippen LogP contribution in [0.5, 0.6) is 0 Å². The smallest absolute Gasteiger partial charge is 0.357 e. The van der Waals surface area contributed by atoms with Crippen LogP contribution in [0.15, 0.2) is 18.7 Å². The van der Waals surface area contributed by atoms with Gasteiger partial charge in [-0.1, -0.05) is 20.4 Å². The Morgan fingerprint density at radius 1 is 1.29 bits per heavy atom. The fraction of sp³-hybridized carbons (Fsp3) is 0.562. The van der Waals surface area contributed by atoms with E-state index in [9.17, 15) is 13.2 Å². The average molecular weight is 298 g/mol. The highest BCUT2D eigenvalue weighted by Crippen LogP contribution is 2.35. The Hall–Kier alpha value is -1.52. The number of pyridine rings is 1. The molecule has 116 valence electrons. The van der Waals surface area contributed by atoms with E-state index < -0.39 is 12.1 Å². The molecule has 1 fully saturated rings. The molecule has 5 heteroatoms. The van der Waals surface area contributed by atoms with Crippen LogP contribution in [0, 0.1) is 5.92 Å². The van der Waals surface area contributed by atoms with Crippen molar-refractivity contribution in [3.05, 3.63) is 30.0 Å². The Labute approximate surface area is 123 Å². The summed E-state index contributed by atoms with van der Waals surface area (Å²) in [5, 5.41) is 0. The normalized spacial score (nSPS) is 17.3. The Kier molecular flexibility index (Phi) is 4.59. The van der Waals surface area contributed by atoms with Gasteiger partial charge in [-0.05, 0) is 42.5 Å². The lowest BCUT2D eigenvalue weighted by Crippen LogP contribution is -2.39. The van der Waals surface area contributed by atoms with Crippen LogP contribution in [0.25, 0.3) is 6.08 Å². The highest BCUT2D eigenvalue weighted by Gasteiger charge is 2.41. The Morgan fingerprint density at radius 3 is 2.38 bits per heavy atom. The summed E-state index contributed by atoms with van der Waals surface area (Å²) in [6.45, 7) is 8.70. The molecule has 2 rings (SSSR count). The minimum absolute atomic E-state index is 0.139. The van der Waals surface area contributed by atoms with Crippen LogP contribution in [0.3, 0.4) is 0 Å². The molecule has 21 heavy (non-hydrogen) atoms. The molecule has 2 heterocycles. The molecule has 0 spiro atoms. The molecule has 0 saturated carbocycles. The van der Waals surface area contributed by atoms with Crippen molar-refractivity contribution >= 4 is 11.9 Å². The van der Waals surface area contributed by atoms with Crippen LogP contribution >= 0.6 is 0 Å². The van der Waals surface area contributed by atoms with Gasteiger partial charge < -0.3 is 4.90 Å². The number of halogens is 3. The number of rotatable bonds is 3. The summed E-state index contributed by atoms with van der Waals surface area (Å²) in [6.07, 6.45) is -2.12. The maximum Gasteiger partial charge on any atom is 0.391 e. The highest BCUT2D eigenvalue weighted by atomic mass is 19.4. The summed E-state index contributed by atoms with van der Waals surface area (Å²) in [5.74, 6) is -0.0733. The van der Waals surface area contributed by atoms with Crippen molar-refractivity contribution < 1.29 is 13.2 Å². The second kappa shape index (κ2) is 6.08. The summed E-state index contributed by atoms with van der Waals surface area (Å²) >= 11 is 0. The van der Waals surface area contributed by atoms with Crippen molar-refractivity contribution in [2.24, 2.45) is 5.92 Å². The van der Waals surface area contributed by atoms with Gasteiger partial charge in [0.2, 0.25) is 0 Å². The molecule has 1 aromatic heterocycles. The second-order valence-electron chi connectivity index (χ2n) is 5.85. The van der Waals surface area contributed by atoms with Crippen LogP contribution in [0.2, 0.25) is 0 Å². The van der Waals surface area contributed by atoms with E-state index in [0.717, 1.165) is 17.1 Å². The predicted octanol–water partition coefficient (Wildman–Crippen LogP) is 4.63. The van der Waals surface area contributed by atoms with E-state index in [1.807, 2.05) is 17.0 Å². The van der Waals surface area contributed by atoms with Crippen LogP contribution in [0.1, 0.15) is 43.9 Å². The Balaban J connectivity index is 2.16. The van der Waals surface area contributed by atoms with Gasteiger partial charge in [0, 0.05) is 13.1 Å². The summed E-state index contributed by atoms with van der Waals surface area (Å²) in [5.41, 5.74) is 1.90. The first-order valence-corrected chi connectivity index (χ1v) is 7.27. The van der Waals surface area contributed by atoms with E-state index in [1.165, 1.54) is 0 Å². The van der Waals surface area contributed by atoms with E-state index >= 15 is 0 Å². The zero-order valence-corrected chi connectivity index (χ0v) is 12.5.